The van der Waals surface area contributed by atoms with Crippen molar-refractivity contribution in [3.05, 3.63) is 76.9 Å². The second-order valence-corrected chi connectivity index (χ2v) is 9.38. The third kappa shape index (κ3) is 4.60. The Labute approximate surface area is 194 Å². The number of hydrogen-bond acceptors (Lipinski definition) is 5. The number of rotatable bonds is 6. The van der Waals surface area contributed by atoms with E-state index in [4.69, 9.17) is 0 Å². The van der Waals surface area contributed by atoms with Crippen molar-refractivity contribution in [2.45, 2.75) is 70.3 Å². The van der Waals surface area contributed by atoms with Crippen LogP contribution in [0.15, 0.2) is 48.8 Å². The quantitative estimate of drug-likeness (QED) is 0.553. The summed E-state index contributed by atoms with van der Waals surface area (Å²) in [5.74, 6) is 0.450. The molecule has 3 aromatic rings. The summed E-state index contributed by atoms with van der Waals surface area (Å²) < 4.78 is 1.80. The maximum Gasteiger partial charge on any atom is 0.170 e. The molecule has 1 N–H and O–H groups in total. The molecule has 1 fully saturated rings. The first-order valence-electron chi connectivity index (χ1n) is 11.6. The van der Waals surface area contributed by atoms with Crippen molar-refractivity contribution >= 4 is 5.78 Å². The Morgan fingerprint density at radius 3 is 2.45 bits per heavy atom. The summed E-state index contributed by atoms with van der Waals surface area (Å²) in [5, 5.41) is 24.0. The lowest BCUT2D eigenvalue weighted by Crippen LogP contribution is -2.33. The average molecular weight is 443 g/mol. The number of pyridine rings is 1. The molecule has 1 saturated carbocycles. The van der Waals surface area contributed by atoms with Gasteiger partial charge in [-0.15, -0.1) is 0 Å². The number of hydrogen-bond donors (Lipinski definition) is 1. The first-order valence-corrected chi connectivity index (χ1v) is 11.6. The van der Waals surface area contributed by atoms with Crippen LogP contribution in [0.1, 0.15) is 78.3 Å². The summed E-state index contributed by atoms with van der Waals surface area (Å²) in [5.41, 5.74) is 4.49. The van der Waals surface area contributed by atoms with Crippen LogP contribution in [0, 0.1) is 18.3 Å². The fraction of sp³-hybridized carbons (Fsp3) is 0.407. The van der Waals surface area contributed by atoms with Gasteiger partial charge in [0, 0.05) is 12.6 Å². The molecule has 1 aromatic carbocycles. The average Bonchev–Trinajstić information content (AvgIpc) is 3.22. The van der Waals surface area contributed by atoms with Gasteiger partial charge < -0.3 is 5.11 Å². The molecule has 0 aliphatic heterocycles. The highest BCUT2D eigenvalue weighted by molar-refractivity contribution is 5.98. The largest absolute Gasteiger partial charge is 0.393 e. The van der Waals surface area contributed by atoms with Crippen molar-refractivity contribution in [1.29, 1.82) is 5.26 Å². The SMILES string of the molecule is Cc1c(C(=O)Cc2ccc(C3(C#N)CCC(O)CC3)nc2)cnn1-c1ccc(C(C)C)cc1. The van der Waals surface area contributed by atoms with Gasteiger partial charge in [-0.1, -0.05) is 32.0 Å². The van der Waals surface area contributed by atoms with Gasteiger partial charge in [-0.05, 0) is 67.9 Å². The molecular weight excluding hydrogens is 412 g/mol. The normalized spacial score (nSPS) is 20.5. The molecule has 6 nitrogen and oxygen atoms in total. The number of ketones is 1. The Hall–Kier alpha value is -3.30. The molecule has 0 spiro atoms. The van der Waals surface area contributed by atoms with Gasteiger partial charge in [-0.3, -0.25) is 9.78 Å². The molecule has 0 amide bonds. The Morgan fingerprint density at radius 1 is 1.18 bits per heavy atom. The minimum Gasteiger partial charge on any atom is -0.393 e. The molecule has 170 valence electrons. The summed E-state index contributed by atoms with van der Waals surface area (Å²) >= 11 is 0. The van der Waals surface area contributed by atoms with E-state index in [1.165, 1.54) is 5.56 Å². The Bertz CT molecular complexity index is 1160. The first-order chi connectivity index (χ1) is 15.8. The lowest BCUT2D eigenvalue weighted by molar-refractivity contribution is 0.0991. The van der Waals surface area contributed by atoms with Crippen LogP contribution in [-0.2, 0) is 11.8 Å². The highest BCUT2D eigenvalue weighted by atomic mass is 16.3. The third-order valence-corrected chi connectivity index (χ3v) is 6.82. The first kappa shape index (κ1) is 22.9. The van der Waals surface area contributed by atoms with Crippen LogP contribution >= 0.6 is 0 Å². The van der Waals surface area contributed by atoms with Gasteiger partial charge in [0.15, 0.2) is 5.78 Å². The number of nitriles is 1. The molecule has 33 heavy (non-hydrogen) atoms. The molecule has 0 unspecified atom stereocenters. The molecule has 4 rings (SSSR count). The zero-order valence-electron chi connectivity index (χ0n) is 19.5. The summed E-state index contributed by atoms with van der Waals surface area (Å²) in [6, 6.07) is 14.4. The van der Waals surface area contributed by atoms with Crippen LogP contribution in [0.25, 0.3) is 5.69 Å². The standard InChI is InChI=1S/C27H30N4O2/c1-18(2)21-5-7-22(8-6-21)31-19(3)24(16-30-31)25(33)14-20-4-9-26(29-15-20)27(17-28)12-10-23(32)11-13-27/h4-9,15-16,18,23,32H,10-14H2,1-3H3. The zero-order valence-corrected chi connectivity index (χ0v) is 19.5. The van der Waals surface area contributed by atoms with E-state index in [1.54, 1.807) is 17.1 Å². The molecule has 0 radical (unpaired) electrons. The number of aliphatic hydroxyl groups excluding tert-OH is 1. The van der Waals surface area contributed by atoms with Crippen molar-refractivity contribution in [1.82, 2.24) is 14.8 Å². The smallest absolute Gasteiger partial charge is 0.170 e. The molecule has 0 bridgehead atoms. The van der Waals surface area contributed by atoms with Gasteiger partial charge in [-0.25, -0.2) is 4.68 Å². The van der Waals surface area contributed by atoms with E-state index in [9.17, 15) is 15.2 Å². The monoisotopic (exact) mass is 442 g/mol. The second-order valence-electron chi connectivity index (χ2n) is 9.38. The van der Waals surface area contributed by atoms with Crippen LogP contribution < -0.4 is 0 Å². The van der Waals surface area contributed by atoms with Gasteiger partial charge in [0.25, 0.3) is 0 Å². The number of benzene rings is 1. The predicted octanol–water partition coefficient (Wildman–Crippen LogP) is 4.82. The van der Waals surface area contributed by atoms with E-state index < -0.39 is 5.41 Å². The maximum atomic E-state index is 13.0. The summed E-state index contributed by atoms with van der Waals surface area (Å²) in [6.45, 7) is 6.23. The van der Waals surface area contributed by atoms with E-state index >= 15 is 0 Å². The van der Waals surface area contributed by atoms with Crippen molar-refractivity contribution in [2.75, 3.05) is 0 Å². The zero-order chi connectivity index (χ0) is 23.6. The Morgan fingerprint density at radius 2 is 1.88 bits per heavy atom. The summed E-state index contributed by atoms with van der Waals surface area (Å²) in [6.07, 6.45) is 5.65. The maximum absolute atomic E-state index is 13.0. The van der Waals surface area contributed by atoms with Gasteiger partial charge in [0.2, 0.25) is 0 Å². The van der Waals surface area contributed by atoms with Crippen LogP contribution in [0.2, 0.25) is 0 Å². The van der Waals surface area contributed by atoms with E-state index in [2.05, 4.69) is 42.1 Å². The Balaban J connectivity index is 1.48. The summed E-state index contributed by atoms with van der Waals surface area (Å²) in [4.78, 5) is 17.5. The Kier molecular flexibility index (Phi) is 6.44. The number of nitrogens with zero attached hydrogens (tertiary/aromatic N) is 4. The van der Waals surface area contributed by atoms with Crippen LogP contribution in [0.4, 0.5) is 0 Å². The van der Waals surface area contributed by atoms with Crippen molar-refractivity contribution in [3.63, 3.8) is 0 Å². The van der Waals surface area contributed by atoms with Crippen LogP contribution in [0.5, 0.6) is 0 Å². The molecule has 2 aromatic heterocycles. The molecule has 0 atom stereocenters. The molecular formula is C27H30N4O2. The summed E-state index contributed by atoms with van der Waals surface area (Å²) in [7, 11) is 0. The molecule has 6 heteroatoms. The lowest BCUT2D eigenvalue weighted by Gasteiger charge is -2.32. The number of Topliss-reactive ketones (excluding diaryl/α,β-unsaturated/α-hetero) is 1. The van der Waals surface area contributed by atoms with Crippen LogP contribution in [0.3, 0.4) is 0 Å². The molecule has 0 saturated heterocycles. The molecule has 2 heterocycles. The highest BCUT2D eigenvalue weighted by Gasteiger charge is 2.37. The predicted molar refractivity (Wildman–Crippen MR) is 126 cm³/mol. The fourth-order valence-corrected chi connectivity index (χ4v) is 4.56. The molecule has 1 aliphatic rings. The van der Waals surface area contributed by atoms with Gasteiger partial charge in [-0.2, -0.15) is 10.4 Å². The minimum absolute atomic E-state index is 0.0112. The number of aliphatic hydroxyl groups is 1. The lowest BCUT2D eigenvalue weighted by atomic mass is 9.72. The number of carbonyl (C=O) groups is 1. The van der Waals surface area contributed by atoms with E-state index in [1.807, 2.05) is 31.2 Å². The van der Waals surface area contributed by atoms with E-state index in [0.29, 0.717) is 37.2 Å². The second kappa shape index (κ2) is 9.29. The van der Waals surface area contributed by atoms with Crippen molar-refractivity contribution in [3.8, 4) is 11.8 Å². The van der Waals surface area contributed by atoms with Gasteiger partial charge in [0.05, 0.1) is 46.4 Å². The fourth-order valence-electron chi connectivity index (χ4n) is 4.56. The van der Waals surface area contributed by atoms with E-state index in [-0.39, 0.29) is 18.3 Å². The number of aromatic nitrogens is 3. The van der Waals surface area contributed by atoms with Gasteiger partial charge in [0.1, 0.15) is 0 Å². The minimum atomic E-state index is -0.648. The van der Waals surface area contributed by atoms with Crippen molar-refractivity contribution in [2.24, 2.45) is 0 Å². The highest BCUT2D eigenvalue weighted by Crippen LogP contribution is 2.38. The molecule has 1 aliphatic carbocycles. The van der Waals surface area contributed by atoms with Gasteiger partial charge >= 0.3 is 0 Å². The number of carbonyl (C=O) groups excluding carboxylic acids is 1. The van der Waals surface area contributed by atoms with Crippen LogP contribution in [-0.4, -0.2) is 31.8 Å². The van der Waals surface area contributed by atoms with Crippen molar-refractivity contribution < 1.29 is 9.90 Å². The topological polar surface area (TPSA) is 91.8 Å². The third-order valence-electron chi connectivity index (χ3n) is 6.82. The van der Waals surface area contributed by atoms with E-state index in [0.717, 1.165) is 22.6 Å².